The number of aromatic nitrogens is 4. The molecule has 0 bridgehead atoms. The zero-order valence-corrected chi connectivity index (χ0v) is 31.5. The summed E-state index contributed by atoms with van der Waals surface area (Å²) in [7, 11) is 0. The Morgan fingerprint density at radius 3 is 1.30 bits per heavy atom. The monoisotopic (exact) mass is 854 g/mol. The van der Waals surface area contributed by atoms with Crippen molar-refractivity contribution in [3.8, 4) is 22.3 Å². The smallest absolute Gasteiger partial charge is 0.378 e. The Balaban J connectivity index is 0.000000201. The molecule has 2 aliphatic rings. The Morgan fingerprint density at radius 2 is 0.967 bits per heavy atom. The maximum atomic E-state index is 13.1. The van der Waals surface area contributed by atoms with Gasteiger partial charge in [0, 0.05) is 46.7 Å². The summed E-state index contributed by atoms with van der Waals surface area (Å²) in [5.41, 5.74) is 1.42. The van der Waals surface area contributed by atoms with E-state index >= 15 is 0 Å². The van der Waals surface area contributed by atoms with Crippen molar-refractivity contribution in [1.82, 2.24) is 19.9 Å². The van der Waals surface area contributed by atoms with Gasteiger partial charge in [0.2, 0.25) is 11.8 Å². The summed E-state index contributed by atoms with van der Waals surface area (Å²) < 4.78 is 105. The molecule has 6 aromatic rings. The second-order valence-corrected chi connectivity index (χ2v) is 14.6. The van der Waals surface area contributed by atoms with Gasteiger partial charge in [-0.2, -0.15) is 26.3 Å². The number of alkyl halides is 8. The van der Waals surface area contributed by atoms with Crippen LogP contribution in [0.3, 0.4) is 0 Å². The van der Waals surface area contributed by atoms with Crippen LogP contribution in [0.1, 0.15) is 55.0 Å². The van der Waals surface area contributed by atoms with Gasteiger partial charge in [-0.25, -0.2) is 18.7 Å². The van der Waals surface area contributed by atoms with Gasteiger partial charge in [-0.15, -0.1) is 0 Å². The average molecular weight is 855 g/mol. The maximum Gasteiger partial charge on any atom is 0.420 e. The van der Waals surface area contributed by atoms with E-state index in [1.807, 2.05) is 0 Å². The first kappa shape index (κ1) is 44.4. The number of amides is 2. The van der Waals surface area contributed by atoms with Crippen LogP contribution < -0.4 is 10.6 Å². The lowest BCUT2D eigenvalue weighted by molar-refractivity contribution is -0.208. The van der Waals surface area contributed by atoms with E-state index in [0.29, 0.717) is 43.8 Å². The Kier molecular flexibility index (Phi) is 12.4. The third-order valence-corrected chi connectivity index (χ3v) is 10.1. The third kappa shape index (κ3) is 9.75. The summed E-state index contributed by atoms with van der Waals surface area (Å²) in [6.45, 7) is 3.28. The van der Waals surface area contributed by atoms with Gasteiger partial charge in [0.15, 0.2) is 12.2 Å². The minimum absolute atomic E-state index is 0. The maximum absolute atomic E-state index is 13.1. The highest BCUT2D eigenvalue weighted by molar-refractivity contribution is 5.98. The molecule has 0 saturated heterocycles. The van der Waals surface area contributed by atoms with Gasteiger partial charge in [0.25, 0.3) is 0 Å². The number of hydrogen-bond acceptors (Lipinski definition) is 8. The molecule has 8 rings (SSSR count). The average Bonchev–Trinajstić information content (AvgIpc) is 4.13. The topological polar surface area (TPSA) is 150 Å². The molecule has 18 heteroatoms. The molecule has 4 N–H and O–H groups in total. The SMILES string of the molecule is C.Cc1ccnc([C@@H](O)C(F)(F)F)c1-c1ccc2cc(NC(=O)[C@@H]3C[C@@H]3F)ncc2c1.Cc1ccnc([C@H](O)C(F)(F)F)c1-c1ccc2cc(NC(=O)[C@@H]3C[C@@H]3F)ncc2c1. The summed E-state index contributed by atoms with van der Waals surface area (Å²) in [6, 6.07) is 16.2. The van der Waals surface area contributed by atoms with Crippen molar-refractivity contribution in [2.45, 2.75) is 71.0 Å². The number of carbonyl (C=O) groups excluding carboxylic acids is 2. The third-order valence-electron chi connectivity index (χ3n) is 10.1. The van der Waals surface area contributed by atoms with Crippen LogP contribution in [0.2, 0.25) is 0 Å². The fourth-order valence-corrected chi connectivity index (χ4v) is 6.67. The highest BCUT2D eigenvalue weighted by Crippen LogP contribution is 2.41. The molecule has 2 fully saturated rings. The van der Waals surface area contributed by atoms with Crippen LogP contribution in [0.5, 0.6) is 0 Å². The molecular weight excluding hydrogens is 816 g/mol. The number of hydrogen-bond donors (Lipinski definition) is 4. The normalized spacial score (nSPS) is 19.2. The molecule has 0 unspecified atom stereocenters. The highest BCUT2D eigenvalue weighted by atomic mass is 19.4. The van der Waals surface area contributed by atoms with Crippen LogP contribution in [-0.2, 0) is 9.59 Å². The molecular formula is C43H38F8N6O4. The van der Waals surface area contributed by atoms with Crippen LogP contribution in [0.4, 0.5) is 46.8 Å². The van der Waals surface area contributed by atoms with E-state index in [1.54, 1.807) is 74.5 Å². The van der Waals surface area contributed by atoms with Crippen LogP contribution in [0.25, 0.3) is 43.8 Å². The second-order valence-electron chi connectivity index (χ2n) is 14.6. The van der Waals surface area contributed by atoms with Crippen LogP contribution in [-0.4, -0.2) is 66.7 Å². The molecule has 2 aromatic carbocycles. The number of fused-ring (bicyclic) bond motifs is 2. The molecule has 2 saturated carbocycles. The van der Waals surface area contributed by atoms with E-state index in [0.717, 1.165) is 0 Å². The van der Waals surface area contributed by atoms with E-state index in [9.17, 15) is 54.9 Å². The van der Waals surface area contributed by atoms with Gasteiger partial charge in [-0.1, -0.05) is 31.7 Å². The van der Waals surface area contributed by atoms with E-state index in [1.165, 1.54) is 24.8 Å². The van der Waals surface area contributed by atoms with Crippen molar-refractivity contribution in [3.63, 3.8) is 0 Å². The van der Waals surface area contributed by atoms with E-state index in [2.05, 4.69) is 30.6 Å². The van der Waals surface area contributed by atoms with Gasteiger partial charge in [-0.05, 0) is 96.1 Å². The lowest BCUT2D eigenvalue weighted by Gasteiger charge is -2.19. The lowest BCUT2D eigenvalue weighted by Crippen LogP contribution is -2.22. The largest absolute Gasteiger partial charge is 0.420 e. The molecule has 4 heterocycles. The standard InChI is InChI=1S/2C21H17F4N3O2.CH4/c2*1-10-4-5-26-18(19(29)21(23,24)25)17(10)12-3-2-11-7-16(27-9-13(11)6-12)28-20(30)14-8-15(14)22;/h2*2-7,9,14-15,19,29H,8H2,1H3,(H,27,28,30);1H4/t14-,15+,19+;14-,15+,19-;/m11./s1. The molecule has 2 amide bonds. The number of carbonyl (C=O) groups is 2. The van der Waals surface area contributed by atoms with Crippen molar-refractivity contribution in [2.75, 3.05) is 10.6 Å². The van der Waals surface area contributed by atoms with Gasteiger partial charge in [0.1, 0.15) is 24.0 Å². The van der Waals surface area contributed by atoms with Gasteiger partial charge >= 0.3 is 12.4 Å². The number of aryl methyl sites for hydroxylation is 2. The summed E-state index contributed by atoms with van der Waals surface area (Å²) in [5, 5.41) is 27.3. The summed E-state index contributed by atoms with van der Waals surface area (Å²) in [4.78, 5) is 39.6. The van der Waals surface area contributed by atoms with Crippen LogP contribution in [0, 0.1) is 25.7 Å². The first-order chi connectivity index (χ1) is 28.3. The number of nitrogens with one attached hydrogen (secondary N) is 2. The quantitative estimate of drug-likeness (QED) is 0.111. The number of rotatable bonds is 8. The summed E-state index contributed by atoms with van der Waals surface area (Å²) in [5.74, 6) is -1.60. The number of anilines is 2. The minimum Gasteiger partial charge on any atom is -0.378 e. The minimum atomic E-state index is -4.85. The van der Waals surface area contributed by atoms with Gasteiger partial charge < -0.3 is 20.8 Å². The predicted molar refractivity (Wildman–Crippen MR) is 211 cm³/mol. The van der Waals surface area contributed by atoms with Crippen molar-refractivity contribution >= 4 is 45.0 Å². The van der Waals surface area contributed by atoms with Crippen molar-refractivity contribution < 1.29 is 54.9 Å². The van der Waals surface area contributed by atoms with E-state index < -0.39 is 71.9 Å². The number of pyridine rings is 4. The summed E-state index contributed by atoms with van der Waals surface area (Å²) >= 11 is 0. The fraction of sp³-hybridized carbons (Fsp3) is 0.302. The second kappa shape index (κ2) is 17.1. The van der Waals surface area contributed by atoms with Crippen molar-refractivity contribution in [2.24, 2.45) is 11.8 Å². The molecule has 2 aliphatic carbocycles. The highest BCUT2D eigenvalue weighted by Gasteiger charge is 2.45. The molecule has 320 valence electrons. The molecule has 0 radical (unpaired) electrons. The van der Waals surface area contributed by atoms with Gasteiger partial charge in [0.05, 0.1) is 23.2 Å². The molecule has 4 aromatic heterocycles. The Bertz CT molecular complexity index is 2450. The molecule has 0 aliphatic heterocycles. The predicted octanol–water partition coefficient (Wildman–Crippen LogP) is 9.63. The zero-order chi connectivity index (χ0) is 43.3. The Labute approximate surface area is 343 Å². The van der Waals surface area contributed by atoms with Gasteiger partial charge in [-0.3, -0.25) is 19.6 Å². The van der Waals surface area contributed by atoms with Crippen molar-refractivity contribution in [1.29, 1.82) is 0 Å². The number of halogens is 8. The van der Waals surface area contributed by atoms with Crippen molar-refractivity contribution in [3.05, 3.63) is 108 Å². The Hall–Kier alpha value is -6.14. The summed E-state index contributed by atoms with van der Waals surface area (Å²) in [6.07, 6.45) is -11.5. The number of aliphatic hydroxyl groups is 2. The fourth-order valence-electron chi connectivity index (χ4n) is 6.67. The molecule has 10 nitrogen and oxygen atoms in total. The first-order valence-corrected chi connectivity index (χ1v) is 18.4. The zero-order valence-electron chi connectivity index (χ0n) is 31.5. The number of nitrogens with zero attached hydrogens (tertiary/aromatic N) is 4. The molecule has 0 spiro atoms. The number of benzene rings is 2. The lowest BCUT2D eigenvalue weighted by atomic mass is 9.95. The van der Waals surface area contributed by atoms with E-state index in [4.69, 9.17) is 0 Å². The van der Waals surface area contributed by atoms with Crippen LogP contribution >= 0.6 is 0 Å². The number of aliphatic hydroxyl groups excluding tert-OH is 2. The molecule has 6 atom stereocenters. The first-order valence-electron chi connectivity index (χ1n) is 18.4. The van der Waals surface area contributed by atoms with Crippen LogP contribution in [0.15, 0.2) is 85.5 Å². The van der Waals surface area contributed by atoms with E-state index in [-0.39, 0.29) is 43.0 Å². The Morgan fingerprint density at radius 1 is 0.607 bits per heavy atom. The molecule has 61 heavy (non-hydrogen) atoms.